The molecule has 21 heavy (non-hydrogen) atoms. The van der Waals surface area contributed by atoms with Gasteiger partial charge in [-0.15, -0.1) is 10.2 Å². The Morgan fingerprint density at radius 3 is 2.76 bits per heavy atom. The van der Waals surface area contributed by atoms with Gasteiger partial charge in [-0.1, -0.05) is 18.6 Å². The lowest BCUT2D eigenvalue weighted by Crippen LogP contribution is -2.41. The molecule has 0 aliphatic heterocycles. The number of benzene rings is 1. The van der Waals surface area contributed by atoms with E-state index in [4.69, 9.17) is 4.42 Å². The van der Waals surface area contributed by atoms with Gasteiger partial charge in [0.1, 0.15) is 0 Å². The third-order valence-electron chi connectivity index (χ3n) is 3.89. The first-order valence-corrected chi connectivity index (χ1v) is 7.99. The highest BCUT2D eigenvalue weighted by Crippen LogP contribution is 2.28. The fourth-order valence-electron chi connectivity index (χ4n) is 2.51. The van der Waals surface area contributed by atoms with Gasteiger partial charge in [0.15, 0.2) is 0 Å². The molecule has 1 aliphatic carbocycles. The molecule has 112 valence electrons. The monoisotopic (exact) mass is 351 g/mol. The minimum Gasteiger partial charge on any atom is -0.419 e. The van der Waals surface area contributed by atoms with E-state index in [1.54, 1.807) is 0 Å². The molecule has 1 aromatic carbocycles. The Balaban J connectivity index is 1.73. The largest absolute Gasteiger partial charge is 0.419 e. The SMILES string of the molecule is OCCN(Cc1nnc(-c2ccccc2Br)o1)C1CCC1. The Bertz CT molecular complexity index is 598. The zero-order valence-electron chi connectivity index (χ0n) is 11.7. The molecule has 0 spiro atoms. The molecule has 0 amide bonds. The molecular weight excluding hydrogens is 334 g/mol. The van der Waals surface area contributed by atoms with E-state index in [1.165, 1.54) is 19.3 Å². The Labute approximate surface area is 132 Å². The number of aliphatic hydroxyl groups is 1. The van der Waals surface area contributed by atoms with Crippen molar-refractivity contribution in [3.8, 4) is 11.5 Å². The van der Waals surface area contributed by atoms with Crippen molar-refractivity contribution in [2.24, 2.45) is 0 Å². The van der Waals surface area contributed by atoms with Crippen LogP contribution in [0.1, 0.15) is 25.2 Å². The minimum absolute atomic E-state index is 0.154. The molecule has 0 bridgehead atoms. The van der Waals surface area contributed by atoms with Gasteiger partial charge in [-0.05, 0) is 40.9 Å². The maximum absolute atomic E-state index is 9.19. The van der Waals surface area contributed by atoms with Crippen LogP contribution in [0.3, 0.4) is 0 Å². The van der Waals surface area contributed by atoms with E-state index in [9.17, 15) is 5.11 Å². The van der Waals surface area contributed by atoms with Crippen molar-refractivity contribution in [3.63, 3.8) is 0 Å². The number of aromatic nitrogens is 2. The number of aliphatic hydroxyl groups excluding tert-OH is 1. The molecule has 0 atom stereocenters. The highest BCUT2D eigenvalue weighted by Gasteiger charge is 2.26. The molecule has 1 aliphatic rings. The number of halogens is 1. The lowest BCUT2D eigenvalue weighted by molar-refractivity contribution is 0.0862. The van der Waals surface area contributed by atoms with Gasteiger partial charge >= 0.3 is 0 Å². The zero-order valence-corrected chi connectivity index (χ0v) is 13.3. The molecule has 0 saturated heterocycles. The third kappa shape index (κ3) is 3.33. The summed E-state index contributed by atoms with van der Waals surface area (Å²) < 4.78 is 6.71. The van der Waals surface area contributed by atoms with Gasteiger partial charge in [0.25, 0.3) is 0 Å². The normalized spacial score (nSPS) is 15.4. The predicted molar refractivity (Wildman–Crippen MR) is 82.6 cm³/mol. The molecule has 5 nitrogen and oxygen atoms in total. The molecular formula is C15H18BrN3O2. The third-order valence-corrected chi connectivity index (χ3v) is 4.58. The summed E-state index contributed by atoms with van der Waals surface area (Å²) in [6.07, 6.45) is 3.63. The lowest BCUT2D eigenvalue weighted by Gasteiger charge is -2.36. The van der Waals surface area contributed by atoms with Gasteiger partial charge < -0.3 is 9.52 Å². The van der Waals surface area contributed by atoms with Crippen molar-refractivity contribution in [2.45, 2.75) is 31.8 Å². The van der Waals surface area contributed by atoms with E-state index in [-0.39, 0.29) is 6.61 Å². The van der Waals surface area contributed by atoms with Crippen LogP contribution in [-0.4, -0.2) is 39.4 Å². The topological polar surface area (TPSA) is 62.4 Å². The highest BCUT2D eigenvalue weighted by atomic mass is 79.9. The van der Waals surface area contributed by atoms with Crippen molar-refractivity contribution >= 4 is 15.9 Å². The summed E-state index contributed by atoms with van der Waals surface area (Å²) in [5.74, 6) is 1.12. The second kappa shape index (κ2) is 6.68. The number of rotatable bonds is 6. The van der Waals surface area contributed by atoms with Crippen LogP contribution in [0.2, 0.25) is 0 Å². The van der Waals surface area contributed by atoms with Crippen LogP contribution in [0.4, 0.5) is 0 Å². The predicted octanol–water partition coefficient (Wildman–Crippen LogP) is 2.85. The maximum Gasteiger partial charge on any atom is 0.248 e. The molecule has 2 aromatic rings. The standard InChI is InChI=1S/C15H18BrN3O2/c16-13-7-2-1-6-12(13)15-18-17-14(21-15)10-19(8-9-20)11-4-3-5-11/h1-2,6-7,11,20H,3-5,8-10H2. The Morgan fingerprint density at radius 2 is 2.10 bits per heavy atom. The molecule has 1 saturated carbocycles. The summed E-state index contributed by atoms with van der Waals surface area (Å²) in [5.41, 5.74) is 0.897. The number of nitrogens with zero attached hydrogens (tertiary/aromatic N) is 3. The summed E-state index contributed by atoms with van der Waals surface area (Å²) in [7, 11) is 0. The van der Waals surface area contributed by atoms with Crippen molar-refractivity contribution in [3.05, 3.63) is 34.6 Å². The molecule has 0 unspecified atom stereocenters. The van der Waals surface area contributed by atoms with E-state index in [2.05, 4.69) is 31.0 Å². The van der Waals surface area contributed by atoms with Gasteiger partial charge in [0, 0.05) is 17.1 Å². The van der Waals surface area contributed by atoms with Crippen molar-refractivity contribution in [2.75, 3.05) is 13.2 Å². The van der Waals surface area contributed by atoms with Crippen LogP contribution in [-0.2, 0) is 6.54 Å². The molecule has 0 radical (unpaired) electrons. The lowest BCUT2D eigenvalue weighted by atomic mass is 9.91. The Kier molecular flexibility index (Phi) is 4.67. The van der Waals surface area contributed by atoms with Crippen LogP contribution in [0.5, 0.6) is 0 Å². The molecule has 6 heteroatoms. The Morgan fingerprint density at radius 1 is 1.29 bits per heavy atom. The van der Waals surface area contributed by atoms with Crippen molar-refractivity contribution < 1.29 is 9.52 Å². The minimum atomic E-state index is 0.154. The number of hydrogen-bond donors (Lipinski definition) is 1. The van der Waals surface area contributed by atoms with Crippen molar-refractivity contribution in [1.82, 2.24) is 15.1 Å². The van der Waals surface area contributed by atoms with Gasteiger partial charge in [0.05, 0.1) is 18.7 Å². The molecule has 1 N–H and O–H groups in total. The smallest absolute Gasteiger partial charge is 0.248 e. The quantitative estimate of drug-likeness (QED) is 0.866. The first kappa shape index (κ1) is 14.7. The van der Waals surface area contributed by atoms with Crippen LogP contribution < -0.4 is 0 Å². The first-order valence-electron chi connectivity index (χ1n) is 7.20. The molecule has 3 rings (SSSR count). The van der Waals surface area contributed by atoms with E-state index < -0.39 is 0 Å². The van der Waals surface area contributed by atoms with Gasteiger partial charge in [-0.2, -0.15) is 0 Å². The maximum atomic E-state index is 9.19. The first-order chi connectivity index (χ1) is 10.3. The van der Waals surface area contributed by atoms with Gasteiger partial charge in [0.2, 0.25) is 11.8 Å². The average Bonchev–Trinajstić information content (AvgIpc) is 2.86. The van der Waals surface area contributed by atoms with Crippen LogP contribution in [0, 0.1) is 0 Å². The highest BCUT2D eigenvalue weighted by molar-refractivity contribution is 9.10. The van der Waals surface area contributed by atoms with E-state index in [0.29, 0.717) is 30.9 Å². The summed E-state index contributed by atoms with van der Waals surface area (Å²) in [6.45, 7) is 1.40. The molecule has 1 fully saturated rings. The zero-order chi connectivity index (χ0) is 14.7. The van der Waals surface area contributed by atoms with E-state index in [0.717, 1.165) is 10.0 Å². The van der Waals surface area contributed by atoms with E-state index in [1.807, 2.05) is 24.3 Å². The second-order valence-corrected chi connectivity index (χ2v) is 6.11. The molecule has 1 heterocycles. The van der Waals surface area contributed by atoms with Crippen molar-refractivity contribution in [1.29, 1.82) is 0 Å². The average molecular weight is 352 g/mol. The van der Waals surface area contributed by atoms with Crippen LogP contribution >= 0.6 is 15.9 Å². The Hall–Kier alpha value is -1.24. The summed E-state index contributed by atoms with van der Waals surface area (Å²) >= 11 is 3.49. The fraction of sp³-hybridized carbons (Fsp3) is 0.467. The van der Waals surface area contributed by atoms with Gasteiger partial charge in [-0.3, -0.25) is 4.90 Å². The number of hydrogen-bond acceptors (Lipinski definition) is 5. The van der Waals surface area contributed by atoms with Crippen LogP contribution in [0.15, 0.2) is 33.2 Å². The summed E-state index contributed by atoms with van der Waals surface area (Å²) in [5, 5.41) is 17.5. The molecule has 1 aromatic heterocycles. The summed E-state index contributed by atoms with van der Waals surface area (Å²) in [4.78, 5) is 2.22. The van der Waals surface area contributed by atoms with Gasteiger partial charge in [-0.25, -0.2) is 0 Å². The van der Waals surface area contributed by atoms with Crippen LogP contribution in [0.25, 0.3) is 11.5 Å². The fourth-order valence-corrected chi connectivity index (χ4v) is 2.96. The van der Waals surface area contributed by atoms with E-state index >= 15 is 0 Å². The second-order valence-electron chi connectivity index (χ2n) is 5.26. The summed E-state index contributed by atoms with van der Waals surface area (Å²) in [6, 6.07) is 8.32.